The number of hydrogen-bond acceptors (Lipinski definition) is 5. The Bertz CT molecular complexity index is 542. The summed E-state index contributed by atoms with van der Waals surface area (Å²) in [5.74, 6) is 1.20. The van der Waals surface area contributed by atoms with Gasteiger partial charge in [0.15, 0.2) is 5.82 Å². The van der Waals surface area contributed by atoms with Gasteiger partial charge < -0.3 is 4.52 Å². The fraction of sp³-hybridized carbons (Fsp3) is 0.667. The Morgan fingerprint density at radius 3 is 2.74 bits per heavy atom. The molecule has 2 aromatic heterocycles. The molecule has 0 aliphatic heterocycles. The van der Waals surface area contributed by atoms with E-state index in [-0.39, 0.29) is 10.8 Å². The molecule has 0 aliphatic carbocycles. The van der Waals surface area contributed by atoms with Crippen molar-refractivity contribution in [2.45, 2.75) is 51.5 Å². The van der Waals surface area contributed by atoms with Crippen LogP contribution in [-0.4, -0.2) is 25.1 Å². The summed E-state index contributed by atoms with van der Waals surface area (Å²) in [5.41, 5.74) is 0.617. The summed E-state index contributed by atoms with van der Waals surface area (Å²) in [6, 6.07) is 0. The van der Waals surface area contributed by atoms with Crippen LogP contribution in [-0.2, 0) is 12.0 Å². The van der Waals surface area contributed by atoms with Gasteiger partial charge in [-0.1, -0.05) is 38.1 Å². The highest BCUT2D eigenvalue weighted by molar-refractivity contribution is 6.20. The van der Waals surface area contributed by atoms with E-state index in [4.69, 9.17) is 16.1 Å². The van der Waals surface area contributed by atoms with Gasteiger partial charge in [0, 0.05) is 5.41 Å². The molecule has 2 rings (SSSR count). The molecular formula is C12H18ClN5O. The Labute approximate surface area is 117 Å². The molecule has 7 heteroatoms. The van der Waals surface area contributed by atoms with Crippen molar-refractivity contribution in [2.75, 3.05) is 0 Å². The number of rotatable bonds is 4. The first-order valence-corrected chi connectivity index (χ1v) is 6.71. The Morgan fingerprint density at radius 2 is 2.16 bits per heavy atom. The van der Waals surface area contributed by atoms with Gasteiger partial charge in [-0.05, 0) is 6.42 Å². The predicted molar refractivity (Wildman–Crippen MR) is 71.0 cm³/mol. The Balaban J connectivity index is 2.09. The van der Waals surface area contributed by atoms with E-state index in [9.17, 15) is 0 Å². The largest absolute Gasteiger partial charge is 0.339 e. The summed E-state index contributed by atoms with van der Waals surface area (Å²) < 4.78 is 6.89. The molecule has 0 saturated carbocycles. The van der Waals surface area contributed by atoms with Crippen molar-refractivity contribution in [2.24, 2.45) is 0 Å². The smallest absolute Gasteiger partial charge is 0.232 e. The lowest BCUT2D eigenvalue weighted by molar-refractivity contribution is 0.317. The third-order valence-corrected chi connectivity index (χ3v) is 3.18. The minimum absolute atomic E-state index is 0.107. The van der Waals surface area contributed by atoms with E-state index in [1.807, 2.05) is 33.9 Å². The molecule has 6 nitrogen and oxygen atoms in total. The van der Waals surface area contributed by atoms with Crippen LogP contribution in [0.2, 0.25) is 0 Å². The zero-order chi connectivity index (χ0) is 14.0. The fourth-order valence-electron chi connectivity index (χ4n) is 1.51. The summed E-state index contributed by atoms with van der Waals surface area (Å²) in [6.07, 6.45) is 2.63. The van der Waals surface area contributed by atoms with Gasteiger partial charge in [-0.2, -0.15) is 4.98 Å². The normalized spacial score (nSPS) is 13.7. The van der Waals surface area contributed by atoms with Crippen LogP contribution in [0.15, 0.2) is 10.7 Å². The molecule has 0 bridgehead atoms. The first kappa shape index (κ1) is 14.0. The van der Waals surface area contributed by atoms with Crippen molar-refractivity contribution in [3.63, 3.8) is 0 Å². The van der Waals surface area contributed by atoms with Crippen molar-refractivity contribution < 1.29 is 4.52 Å². The number of nitrogens with zero attached hydrogens (tertiary/aromatic N) is 5. The van der Waals surface area contributed by atoms with Crippen LogP contribution in [0.1, 0.15) is 56.9 Å². The third-order valence-electron chi connectivity index (χ3n) is 2.65. The average Bonchev–Trinajstić information content (AvgIpc) is 2.97. The minimum atomic E-state index is -0.151. The molecule has 1 atom stereocenters. The Hall–Kier alpha value is -1.43. The average molecular weight is 284 g/mol. The van der Waals surface area contributed by atoms with Gasteiger partial charge in [-0.25, -0.2) is 4.68 Å². The highest BCUT2D eigenvalue weighted by Crippen LogP contribution is 2.21. The van der Waals surface area contributed by atoms with E-state index in [0.29, 0.717) is 18.3 Å². The minimum Gasteiger partial charge on any atom is -0.339 e. The van der Waals surface area contributed by atoms with Gasteiger partial charge in [-0.15, -0.1) is 16.7 Å². The lowest BCUT2D eigenvalue weighted by atomic mass is 9.97. The molecular weight excluding hydrogens is 266 g/mol. The molecule has 0 aliphatic rings. The third kappa shape index (κ3) is 3.32. The topological polar surface area (TPSA) is 69.6 Å². The number of aromatic nitrogens is 5. The van der Waals surface area contributed by atoms with Crippen LogP contribution in [0.3, 0.4) is 0 Å². The van der Waals surface area contributed by atoms with Gasteiger partial charge in [0.1, 0.15) is 12.2 Å². The molecule has 19 heavy (non-hydrogen) atoms. The summed E-state index contributed by atoms with van der Waals surface area (Å²) >= 11 is 6.11. The van der Waals surface area contributed by atoms with Crippen LogP contribution >= 0.6 is 11.6 Å². The predicted octanol–water partition coefficient (Wildman–Crippen LogP) is 2.70. The molecule has 0 amide bonds. The second-order valence-corrected chi connectivity index (χ2v) is 6.01. The fourth-order valence-corrected chi connectivity index (χ4v) is 1.61. The molecule has 0 saturated heterocycles. The molecule has 0 N–H and O–H groups in total. The molecule has 0 spiro atoms. The van der Waals surface area contributed by atoms with Gasteiger partial charge in [0.2, 0.25) is 5.89 Å². The van der Waals surface area contributed by atoms with E-state index in [2.05, 4.69) is 20.5 Å². The van der Waals surface area contributed by atoms with Crippen molar-refractivity contribution >= 4 is 11.6 Å². The van der Waals surface area contributed by atoms with E-state index in [1.165, 1.54) is 0 Å². The monoisotopic (exact) mass is 283 g/mol. The molecule has 104 valence electrons. The highest BCUT2D eigenvalue weighted by atomic mass is 35.5. The summed E-state index contributed by atoms with van der Waals surface area (Å²) in [5, 5.41) is 11.9. The number of halogens is 1. The SMILES string of the molecule is CCC(Cl)c1cn(Cc2noc(C(C)(C)C)n2)nn1. The van der Waals surface area contributed by atoms with Crippen molar-refractivity contribution in [3.8, 4) is 0 Å². The van der Waals surface area contributed by atoms with E-state index in [0.717, 1.165) is 12.1 Å². The van der Waals surface area contributed by atoms with E-state index >= 15 is 0 Å². The molecule has 2 heterocycles. The summed E-state index contributed by atoms with van der Waals surface area (Å²) in [7, 11) is 0. The lowest BCUT2D eigenvalue weighted by Crippen LogP contribution is -2.12. The second kappa shape index (κ2) is 5.28. The molecule has 0 fully saturated rings. The maximum atomic E-state index is 6.11. The quantitative estimate of drug-likeness (QED) is 0.807. The Morgan fingerprint density at radius 1 is 1.42 bits per heavy atom. The van der Waals surface area contributed by atoms with Gasteiger partial charge in [0.05, 0.1) is 11.6 Å². The van der Waals surface area contributed by atoms with Gasteiger partial charge in [-0.3, -0.25) is 0 Å². The molecule has 0 radical (unpaired) electrons. The highest BCUT2D eigenvalue weighted by Gasteiger charge is 2.22. The van der Waals surface area contributed by atoms with Crippen LogP contribution in [0.5, 0.6) is 0 Å². The van der Waals surface area contributed by atoms with Crippen LogP contribution in [0.4, 0.5) is 0 Å². The summed E-state index contributed by atoms with van der Waals surface area (Å²) in [6.45, 7) is 8.51. The van der Waals surface area contributed by atoms with Gasteiger partial charge >= 0.3 is 0 Å². The first-order valence-electron chi connectivity index (χ1n) is 6.27. The van der Waals surface area contributed by atoms with E-state index < -0.39 is 0 Å². The van der Waals surface area contributed by atoms with Crippen molar-refractivity contribution in [3.05, 3.63) is 23.6 Å². The first-order chi connectivity index (χ1) is 8.90. The standard InChI is InChI=1S/C12H18ClN5O/c1-5-8(13)9-6-18(17-15-9)7-10-14-11(19-16-10)12(2,3)4/h6,8H,5,7H2,1-4H3. The summed E-state index contributed by atoms with van der Waals surface area (Å²) in [4.78, 5) is 4.35. The number of hydrogen-bond donors (Lipinski definition) is 0. The molecule has 0 aromatic carbocycles. The maximum absolute atomic E-state index is 6.11. The van der Waals surface area contributed by atoms with E-state index in [1.54, 1.807) is 4.68 Å². The van der Waals surface area contributed by atoms with Crippen molar-refractivity contribution in [1.29, 1.82) is 0 Å². The lowest BCUT2D eigenvalue weighted by Gasteiger charge is -2.10. The van der Waals surface area contributed by atoms with Crippen molar-refractivity contribution in [1.82, 2.24) is 25.1 Å². The maximum Gasteiger partial charge on any atom is 0.232 e. The van der Waals surface area contributed by atoms with Crippen LogP contribution in [0, 0.1) is 0 Å². The number of alkyl halides is 1. The zero-order valence-electron chi connectivity index (χ0n) is 11.6. The zero-order valence-corrected chi connectivity index (χ0v) is 12.3. The molecule has 2 aromatic rings. The second-order valence-electron chi connectivity index (χ2n) is 5.48. The Kier molecular flexibility index (Phi) is 3.89. The van der Waals surface area contributed by atoms with Gasteiger partial charge in [0.25, 0.3) is 0 Å². The van der Waals surface area contributed by atoms with Crippen LogP contribution in [0.25, 0.3) is 0 Å². The molecule has 1 unspecified atom stereocenters. The van der Waals surface area contributed by atoms with Crippen LogP contribution < -0.4 is 0 Å².